The van der Waals surface area contributed by atoms with Crippen LogP contribution in [-0.4, -0.2) is 42.7 Å². The van der Waals surface area contributed by atoms with Gasteiger partial charge in [-0.15, -0.1) is 0 Å². The third kappa shape index (κ3) is 4.37. The summed E-state index contributed by atoms with van der Waals surface area (Å²) in [6.45, 7) is 1.13. The zero-order chi connectivity index (χ0) is 17.9. The van der Waals surface area contributed by atoms with Crippen LogP contribution in [0.15, 0.2) is 18.2 Å². The van der Waals surface area contributed by atoms with Gasteiger partial charge in [-0.2, -0.15) is 13.2 Å². The summed E-state index contributed by atoms with van der Waals surface area (Å²) in [5.74, 6) is -0.966. The molecule has 1 aliphatic heterocycles. The minimum Gasteiger partial charge on any atom is -0.494 e. The number of nitrogens with one attached hydrogen (secondary N) is 1. The van der Waals surface area contributed by atoms with E-state index in [0.717, 1.165) is 0 Å². The first kappa shape index (κ1) is 18.5. The van der Waals surface area contributed by atoms with Crippen LogP contribution in [0.1, 0.15) is 25.3 Å². The molecular formula is C16H20F4N2O2. The Kier molecular flexibility index (Phi) is 5.69. The van der Waals surface area contributed by atoms with E-state index >= 15 is 0 Å². The van der Waals surface area contributed by atoms with Crippen molar-refractivity contribution >= 4 is 5.91 Å². The molecule has 0 aromatic heterocycles. The zero-order valence-corrected chi connectivity index (χ0v) is 13.5. The fourth-order valence-electron chi connectivity index (χ4n) is 3.05. The van der Waals surface area contributed by atoms with Crippen LogP contribution in [0, 0.1) is 5.82 Å². The topological polar surface area (TPSA) is 41.6 Å². The van der Waals surface area contributed by atoms with Crippen molar-refractivity contribution in [2.45, 2.75) is 44.6 Å². The maximum absolute atomic E-state index is 14.3. The van der Waals surface area contributed by atoms with E-state index in [4.69, 9.17) is 4.74 Å². The molecule has 0 radical (unpaired) electrons. The Balaban J connectivity index is 2.22. The molecule has 0 aliphatic carbocycles. The first-order valence-corrected chi connectivity index (χ1v) is 7.61. The number of methoxy groups -OCH3 is 1. The minimum atomic E-state index is -4.41. The molecule has 0 unspecified atom stereocenters. The number of likely N-dealkylation sites (tertiary alicyclic amines) is 1. The van der Waals surface area contributed by atoms with E-state index in [2.05, 4.69) is 5.32 Å². The van der Waals surface area contributed by atoms with Crippen LogP contribution in [0.4, 0.5) is 17.6 Å². The normalized spacial score (nSPS) is 22.2. The largest absolute Gasteiger partial charge is 0.494 e. The Bertz CT molecular complexity index is 592. The first-order chi connectivity index (χ1) is 11.2. The summed E-state index contributed by atoms with van der Waals surface area (Å²) in [7, 11) is 1.30. The maximum Gasteiger partial charge on any atom is 0.404 e. The smallest absolute Gasteiger partial charge is 0.404 e. The molecule has 1 aromatic rings. The lowest BCUT2D eigenvalue weighted by molar-refractivity contribution is -0.194. The molecule has 24 heavy (non-hydrogen) atoms. The summed E-state index contributed by atoms with van der Waals surface area (Å²) in [4.78, 5) is 12.3. The van der Waals surface area contributed by atoms with Gasteiger partial charge in [0, 0.05) is 31.6 Å². The molecule has 0 saturated carbocycles. The first-order valence-electron chi connectivity index (χ1n) is 7.61. The Morgan fingerprint density at radius 1 is 1.38 bits per heavy atom. The Morgan fingerprint density at radius 2 is 2.08 bits per heavy atom. The van der Waals surface area contributed by atoms with Gasteiger partial charge in [0.2, 0.25) is 5.91 Å². The predicted octanol–water partition coefficient (Wildman–Crippen LogP) is 2.87. The molecule has 134 valence electrons. The molecule has 8 heteroatoms. The van der Waals surface area contributed by atoms with Gasteiger partial charge in [0.05, 0.1) is 7.11 Å². The summed E-state index contributed by atoms with van der Waals surface area (Å²) in [5, 5.41) is 2.64. The van der Waals surface area contributed by atoms with E-state index in [0.29, 0.717) is 0 Å². The molecule has 1 N–H and O–H groups in total. The van der Waals surface area contributed by atoms with Gasteiger partial charge in [0.25, 0.3) is 0 Å². The standard InChI is InChI=1S/C16H20F4N2O2/c1-10(23)21-12-6-7-14(16(18,19)20)22(9-12)8-11-4-3-5-13(24-2)15(11)17/h3-5,12,14H,6-9H2,1-2H3,(H,21,23)/t12-,14+/m0/s1. The molecule has 0 bridgehead atoms. The third-order valence-electron chi connectivity index (χ3n) is 4.11. The average molecular weight is 348 g/mol. The third-order valence-corrected chi connectivity index (χ3v) is 4.11. The van der Waals surface area contributed by atoms with E-state index in [-0.39, 0.29) is 49.2 Å². The van der Waals surface area contributed by atoms with E-state index < -0.39 is 18.0 Å². The molecule has 1 saturated heterocycles. The predicted molar refractivity (Wildman–Crippen MR) is 80.0 cm³/mol. The summed E-state index contributed by atoms with van der Waals surface area (Å²) >= 11 is 0. The number of hydrogen-bond donors (Lipinski definition) is 1. The highest BCUT2D eigenvalue weighted by molar-refractivity contribution is 5.73. The van der Waals surface area contributed by atoms with Crippen molar-refractivity contribution in [3.8, 4) is 5.75 Å². The lowest BCUT2D eigenvalue weighted by Gasteiger charge is -2.40. The number of nitrogens with zero attached hydrogens (tertiary/aromatic N) is 1. The van der Waals surface area contributed by atoms with Gasteiger partial charge >= 0.3 is 6.18 Å². The van der Waals surface area contributed by atoms with Crippen molar-refractivity contribution in [3.05, 3.63) is 29.6 Å². The van der Waals surface area contributed by atoms with Crippen LogP contribution in [-0.2, 0) is 11.3 Å². The highest BCUT2D eigenvalue weighted by atomic mass is 19.4. The van der Waals surface area contributed by atoms with Crippen molar-refractivity contribution in [1.29, 1.82) is 0 Å². The number of piperidine rings is 1. The molecule has 2 rings (SSSR count). The maximum atomic E-state index is 14.3. The lowest BCUT2D eigenvalue weighted by atomic mass is 9.96. The molecule has 2 atom stereocenters. The van der Waals surface area contributed by atoms with Crippen LogP contribution < -0.4 is 10.1 Å². The Labute approximate surface area is 137 Å². The molecule has 1 amide bonds. The summed E-state index contributed by atoms with van der Waals surface area (Å²) in [6, 6.07) is 2.35. The van der Waals surface area contributed by atoms with Crippen LogP contribution in [0.5, 0.6) is 5.75 Å². The lowest BCUT2D eigenvalue weighted by Crippen LogP contribution is -2.55. The van der Waals surface area contributed by atoms with Crippen LogP contribution in [0.25, 0.3) is 0 Å². The Hall–Kier alpha value is -1.83. The number of carbonyl (C=O) groups is 1. The quantitative estimate of drug-likeness (QED) is 0.851. The van der Waals surface area contributed by atoms with E-state index in [1.807, 2.05) is 0 Å². The van der Waals surface area contributed by atoms with Gasteiger partial charge < -0.3 is 10.1 Å². The van der Waals surface area contributed by atoms with Gasteiger partial charge in [-0.25, -0.2) is 4.39 Å². The van der Waals surface area contributed by atoms with E-state index in [1.165, 1.54) is 37.1 Å². The summed E-state index contributed by atoms with van der Waals surface area (Å²) in [5.41, 5.74) is 0.132. The molecule has 1 fully saturated rings. The number of rotatable bonds is 4. The number of halogens is 4. The fourth-order valence-corrected chi connectivity index (χ4v) is 3.05. The number of carbonyl (C=O) groups excluding carboxylic acids is 1. The number of amides is 1. The summed E-state index contributed by atoms with van der Waals surface area (Å²) < 4.78 is 59.0. The molecule has 4 nitrogen and oxygen atoms in total. The van der Waals surface area contributed by atoms with Crippen molar-refractivity contribution in [1.82, 2.24) is 10.2 Å². The second-order valence-corrected chi connectivity index (χ2v) is 5.90. The van der Waals surface area contributed by atoms with Gasteiger partial charge in [0.15, 0.2) is 11.6 Å². The molecule has 1 aromatic carbocycles. The SMILES string of the molecule is COc1cccc(CN2C[C@@H](NC(C)=O)CC[C@@H]2C(F)(F)F)c1F. The van der Waals surface area contributed by atoms with E-state index in [1.54, 1.807) is 0 Å². The van der Waals surface area contributed by atoms with Crippen LogP contribution >= 0.6 is 0 Å². The average Bonchev–Trinajstić information content (AvgIpc) is 2.48. The molecule has 1 aliphatic rings. The van der Waals surface area contributed by atoms with Crippen LogP contribution in [0.2, 0.25) is 0 Å². The fraction of sp³-hybridized carbons (Fsp3) is 0.562. The number of hydrogen-bond acceptors (Lipinski definition) is 3. The minimum absolute atomic E-state index is 0.00789. The number of benzene rings is 1. The number of alkyl halides is 3. The van der Waals surface area contributed by atoms with Crippen molar-refractivity contribution in [3.63, 3.8) is 0 Å². The highest BCUT2D eigenvalue weighted by Gasteiger charge is 2.46. The molecular weight excluding hydrogens is 328 g/mol. The zero-order valence-electron chi connectivity index (χ0n) is 13.5. The second-order valence-electron chi connectivity index (χ2n) is 5.90. The van der Waals surface area contributed by atoms with Crippen molar-refractivity contribution in [2.75, 3.05) is 13.7 Å². The van der Waals surface area contributed by atoms with Gasteiger partial charge in [0.1, 0.15) is 6.04 Å². The monoisotopic (exact) mass is 348 g/mol. The Morgan fingerprint density at radius 3 is 2.67 bits per heavy atom. The van der Waals surface area contributed by atoms with Gasteiger partial charge in [-0.1, -0.05) is 12.1 Å². The molecule has 0 spiro atoms. The van der Waals surface area contributed by atoms with Crippen LogP contribution in [0.3, 0.4) is 0 Å². The van der Waals surface area contributed by atoms with Gasteiger partial charge in [-0.3, -0.25) is 9.69 Å². The van der Waals surface area contributed by atoms with Crippen molar-refractivity contribution in [2.24, 2.45) is 0 Å². The second kappa shape index (κ2) is 7.38. The number of ether oxygens (including phenoxy) is 1. The van der Waals surface area contributed by atoms with Crippen molar-refractivity contribution < 1.29 is 27.1 Å². The summed E-state index contributed by atoms with van der Waals surface area (Å²) in [6.07, 6.45) is -4.31. The van der Waals surface area contributed by atoms with Gasteiger partial charge in [-0.05, 0) is 18.9 Å². The van der Waals surface area contributed by atoms with E-state index in [9.17, 15) is 22.4 Å². The highest BCUT2D eigenvalue weighted by Crippen LogP contribution is 2.33. The molecule has 1 heterocycles.